The highest BCUT2D eigenvalue weighted by atomic mass is 16.2. The average molecular weight is 298 g/mol. The topological polar surface area (TPSA) is 32.3 Å². The fraction of sp³-hybridized carbons (Fsp3) is 0.632. The molecule has 2 aliphatic heterocycles. The van der Waals surface area contributed by atoms with Crippen LogP contribution in [-0.4, -0.2) is 35.0 Å². The van der Waals surface area contributed by atoms with E-state index in [9.17, 15) is 4.79 Å². The van der Waals surface area contributed by atoms with Crippen LogP contribution in [0.1, 0.15) is 45.1 Å². The van der Waals surface area contributed by atoms with Crippen molar-refractivity contribution in [2.45, 2.75) is 70.1 Å². The summed E-state index contributed by atoms with van der Waals surface area (Å²) in [6.45, 7) is 4.16. The van der Waals surface area contributed by atoms with Crippen molar-refractivity contribution < 1.29 is 4.79 Å². The third-order valence-corrected chi connectivity index (χ3v) is 6.41. The molecule has 4 rings (SSSR count). The van der Waals surface area contributed by atoms with E-state index in [0.29, 0.717) is 24.2 Å². The van der Waals surface area contributed by atoms with Gasteiger partial charge in [-0.2, -0.15) is 0 Å². The third-order valence-electron chi connectivity index (χ3n) is 6.41. The first-order valence-corrected chi connectivity index (χ1v) is 8.68. The number of piperidine rings is 1. The van der Waals surface area contributed by atoms with Crippen LogP contribution < -0.4 is 5.32 Å². The van der Waals surface area contributed by atoms with Gasteiger partial charge in [-0.3, -0.25) is 4.79 Å². The molecule has 1 aromatic carbocycles. The first kappa shape index (κ1) is 14.3. The molecule has 0 unspecified atom stereocenters. The summed E-state index contributed by atoms with van der Waals surface area (Å²) in [4.78, 5) is 14.6. The first-order chi connectivity index (χ1) is 10.6. The monoisotopic (exact) mass is 298 g/mol. The summed E-state index contributed by atoms with van der Waals surface area (Å²) in [5.74, 6) is 0.265. The van der Waals surface area contributed by atoms with Crippen LogP contribution >= 0.6 is 0 Å². The SMILES string of the molecule is CC(=O)N1[C@H]2CCC[C@H]3N[C@H](Cc4ccccc4)[C@@H]1C[C@@]23C. The average Bonchev–Trinajstić information content (AvgIpc) is 2.81. The molecular weight excluding hydrogens is 272 g/mol. The molecule has 1 N–H and O–H groups in total. The maximum Gasteiger partial charge on any atom is 0.220 e. The number of carbonyl (C=O) groups excluding carboxylic acids is 1. The van der Waals surface area contributed by atoms with E-state index in [4.69, 9.17) is 0 Å². The van der Waals surface area contributed by atoms with Crippen molar-refractivity contribution in [3.63, 3.8) is 0 Å². The van der Waals surface area contributed by atoms with E-state index in [1.807, 2.05) is 0 Å². The minimum absolute atomic E-state index is 0.265. The van der Waals surface area contributed by atoms with Crippen LogP contribution in [0, 0.1) is 5.41 Å². The van der Waals surface area contributed by atoms with Gasteiger partial charge in [0.05, 0.1) is 0 Å². The zero-order valence-corrected chi connectivity index (χ0v) is 13.6. The number of amides is 1. The Morgan fingerprint density at radius 3 is 2.82 bits per heavy atom. The van der Waals surface area contributed by atoms with E-state index in [-0.39, 0.29) is 11.3 Å². The molecule has 3 fully saturated rings. The largest absolute Gasteiger partial charge is 0.335 e. The number of fused-ring (bicyclic) bond motifs is 1. The Labute approximate surface area is 133 Å². The first-order valence-electron chi connectivity index (χ1n) is 8.68. The van der Waals surface area contributed by atoms with Crippen LogP contribution in [0.4, 0.5) is 0 Å². The second kappa shape index (κ2) is 5.09. The summed E-state index contributed by atoms with van der Waals surface area (Å²) >= 11 is 0. The summed E-state index contributed by atoms with van der Waals surface area (Å²) < 4.78 is 0. The maximum absolute atomic E-state index is 12.3. The standard InChI is InChI=1S/C19H26N2O/c1-13(22)21-16-12-19(2)17(9-6-10-18(19)21)20-15(16)11-14-7-4-3-5-8-14/h3-5,7-8,15-18,20H,6,9-12H2,1-2H3/t15-,16+,17-,18+,19-/m1/s1. The van der Waals surface area contributed by atoms with E-state index >= 15 is 0 Å². The van der Waals surface area contributed by atoms with Crippen LogP contribution in [-0.2, 0) is 11.2 Å². The molecule has 5 atom stereocenters. The molecule has 1 amide bonds. The maximum atomic E-state index is 12.3. The lowest BCUT2D eigenvalue weighted by atomic mass is 9.65. The molecule has 2 heterocycles. The summed E-state index contributed by atoms with van der Waals surface area (Å²) in [5.41, 5.74) is 1.65. The Morgan fingerprint density at radius 1 is 1.32 bits per heavy atom. The van der Waals surface area contributed by atoms with Crippen LogP contribution in [0.25, 0.3) is 0 Å². The van der Waals surface area contributed by atoms with Gasteiger partial charge in [0, 0.05) is 36.5 Å². The third kappa shape index (κ3) is 2.02. The van der Waals surface area contributed by atoms with Gasteiger partial charge in [-0.05, 0) is 37.7 Å². The molecule has 1 saturated carbocycles. The second-order valence-electron chi connectivity index (χ2n) is 7.67. The fourth-order valence-corrected chi connectivity index (χ4v) is 5.42. The van der Waals surface area contributed by atoms with Gasteiger partial charge in [-0.15, -0.1) is 0 Å². The molecule has 118 valence electrons. The lowest BCUT2D eigenvalue weighted by Crippen LogP contribution is -2.58. The molecule has 3 heteroatoms. The molecule has 0 spiro atoms. The van der Waals surface area contributed by atoms with Crippen molar-refractivity contribution in [3.05, 3.63) is 35.9 Å². The van der Waals surface area contributed by atoms with Crippen LogP contribution in [0.5, 0.6) is 0 Å². The number of carbonyl (C=O) groups is 1. The second-order valence-corrected chi connectivity index (χ2v) is 7.67. The molecule has 22 heavy (non-hydrogen) atoms. The van der Waals surface area contributed by atoms with Gasteiger partial charge in [0.2, 0.25) is 5.91 Å². The Balaban J connectivity index is 1.66. The van der Waals surface area contributed by atoms with Crippen molar-refractivity contribution >= 4 is 5.91 Å². The van der Waals surface area contributed by atoms with Gasteiger partial charge in [0.15, 0.2) is 0 Å². The van der Waals surface area contributed by atoms with E-state index in [1.165, 1.54) is 31.2 Å². The van der Waals surface area contributed by atoms with Crippen LogP contribution in [0.15, 0.2) is 30.3 Å². The van der Waals surface area contributed by atoms with Crippen molar-refractivity contribution in [1.29, 1.82) is 0 Å². The van der Waals surface area contributed by atoms with Gasteiger partial charge < -0.3 is 10.2 Å². The molecule has 1 aromatic rings. The highest BCUT2D eigenvalue weighted by Crippen LogP contribution is 2.53. The molecule has 2 saturated heterocycles. The fourth-order valence-electron chi connectivity index (χ4n) is 5.42. The number of hydrogen-bond acceptors (Lipinski definition) is 2. The van der Waals surface area contributed by atoms with Crippen LogP contribution in [0.3, 0.4) is 0 Å². The zero-order valence-electron chi connectivity index (χ0n) is 13.6. The normalized spacial score (nSPS) is 39.8. The van der Waals surface area contributed by atoms with E-state index < -0.39 is 0 Å². The van der Waals surface area contributed by atoms with Gasteiger partial charge in [-0.1, -0.05) is 37.3 Å². The van der Waals surface area contributed by atoms with Crippen molar-refractivity contribution in [3.8, 4) is 0 Å². The molecule has 1 aliphatic carbocycles. The predicted molar refractivity (Wildman–Crippen MR) is 87.5 cm³/mol. The number of hydrogen-bond donors (Lipinski definition) is 1. The molecule has 0 aromatic heterocycles. The number of likely N-dealkylation sites (tertiary alicyclic amines) is 1. The number of nitrogens with zero attached hydrogens (tertiary/aromatic N) is 1. The van der Waals surface area contributed by atoms with E-state index in [2.05, 4.69) is 47.5 Å². The minimum Gasteiger partial charge on any atom is -0.335 e. The summed E-state index contributed by atoms with van der Waals surface area (Å²) in [5, 5.41) is 3.93. The van der Waals surface area contributed by atoms with Gasteiger partial charge >= 0.3 is 0 Å². The highest BCUT2D eigenvalue weighted by Gasteiger charge is 2.60. The lowest BCUT2D eigenvalue weighted by Gasteiger charge is -2.46. The van der Waals surface area contributed by atoms with Crippen molar-refractivity contribution in [1.82, 2.24) is 10.2 Å². The summed E-state index contributed by atoms with van der Waals surface area (Å²) in [6, 6.07) is 12.5. The molecule has 2 bridgehead atoms. The van der Waals surface area contributed by atoms with Gasteiger partial charge in [-0.25, -0.2) is 0 Å². The Kier molecular flexibility index (Phi) is 3.30. The number of nitrogens with one attached hydrogen (secondary N) is 1. The zero-order chi connectivity index (χ0) is 15.3. The quantitative estimate of drug-likeness (QED) is 0.910. The van der Waals surface area contributed by atoms with Gasteiger partial charge in [0.1, 0.15) is 0 Å². The Hall–Kier alpha value is -1.35. The highest BCUT2D eigenvalue weighted by molar-refractivity contribution is 5.75. The molecule has 3 aliphatic rings. The molecule has 0 radical (unpaired) electrons. The smallest absolute Gasteiger partial charge is 0.220 e. The van der Waals surface area contributed by atoms with Crippen LogP contribution in [0.2, 0.25) is 0 Å². The molecule has 3 nitrogen and oxygen atoms in total. The lowest BCUT2D eigenvalue weighted by molar-refractivity contribution is -0.132. The summed E-state index contributed by atoms with van der Waals surface area (Å²) in [6.07, 6.45) is 5.88. The predicted octanol–water partition coefficient (Wildman–Crippen LogP) is 2.75. The molecular formula is C19H26N2O. The number of rotatable bonds is 2. The number of benzene rings is 1. The van der Waals surface area contributed by atoms with Crippen molar-refractivity contribution in [2.75, 3.05) is 0 Å². The Bertz CT molecular complexity index is 572. The van der Waals surface area contributed by atoms with E-state index in [0.717, 1.165) is 6.42 Å². The van der Waals surface area contributed by atoms with Crippen molar-refractivity contribution in [2.24, 2.45) is 5.41 Å². The summed E-state index contributed by atoms with van der Waals surface area (Å²) in [7, 11) is 0. The van der Waals surface area contributed by atoms with E-state index in [1.54, 1.807) is 6.92 Å². The minimum atomic E-state index is 0.265. The van der Waals surface area contributed by atoms with Gasteiger partial charge in [0.25, 0.3) is 0 Å². The Morgan fingerprint density at radius 2 is 2.09 bits per heavy atom.